The minimum Gasteiger partial charge on any atom is -0.468 e. The van der Waals surface area contributed by atoms with E-state index in [1.807, 2.05) is 6.92 Å². The summed E-state index contributed by atoms with van der Waals surface area (Å²) in [5.41, 5.74) is 0. The van der Waals surface area contributed by atoms with Crippen LogP contribution in [0.15, 0.2) is 0 Å². The van der Waals surface area contributed by atoms with Crippen molar-refractivity contribution in [3.8, 4) is 0 Å². The van der Waals surface area contributed by atoms with Gasteiger partial charge in [0.1, 0.15) is 6.61 Å². The van der Waals surface area contributed by atoms with Crippen LogP contribution in [-0.2, 0) is 38.0 Å². The van der Waals surface area contributed by atoms with Gasteiger partial charge in [0.15, 0.2) is 0 Å². The fraction of sp³-hybridized carbons (Fsp3) is 0.867. The van der Waals surface area contributed by atoms with Gasteiger partial charge in [0.2, 0.25) is 0 Å². The molecular formula is C15H28O8. The molecule has 0 aliphatic heterocycles. The molecule has 136 valence electrons. The summed E-state index contributed by atoms with van der Waals surface area (Å²) in [7, 11) is 0. The van der Waals surface area contributed by atoms with Gasteiger partial charge in [-0.05, 0) is 13.3 Å². The molecule has 0 aromatic carbocycles. The summed E-state index contributed by atoms with van der Waals surface area (Å²) in [4.78, 5) is 21.1. The van der Waals surface area contributed by atoms with Crippen LogP contribution in [0.1, 0.15) is 19.8 Å². The Morgan fingerprint density at radius 1 is 0.783 bits per heavy atom. The number of hydrogen-bond acceptors (Lipinski definition) is 8. The molecule has 0 aromatic heterocycles. The molecule has 0 aromatic rings. The van der Waals surface area contributed by atoms with Gasteiger partial charge < -0.3 is 28.4 Å². The van der Waals surface area contributed by atoms with Gasteiger partial charge in [-0.3, -0.25) is 9.59 Å². The lowest BCUT2D eigenvalue weighted by molar-refractivity contribution is -0.146. The number of hydrogen-bond donors (Lipinski definition) is 0. The molecular weight excluding hydrogens is 308 g/mol. The lowest BCUT2D eigenvalue weighted by Crippen LogP contribution is -2.14. The SMILES string of the molecule is CCOCCOCCOCCOCCOC(=O)CCCOC=O. The Hall–Kier alpha value is -1.22. The molecule has 0 unspecified atom stereocenters. The van der Waals surface area contributed by atoms with Crippen LogP contribution in [0.4, 0.5) is 0 Å². The molecule has 0 fully saturated rings. The molecule has 0 aliphatic rings. The number of esters is 1. The van der Waals surface area contributed by atoms with E-state index >= 15 is 0 Å². The van der Waals surface area contributed by atoms with Gasteiger partial charge in [-0.1, -0.05) is 0 Å². The van der Waals surface area contributed by atoms with Gasteiger partial charge in [0.05, 0.1) is 52.9 Å². The zero-order chi connectivity index (χ0) is 17.0. The highest BCUT2D eigenvalue weighted by molar-refractivity contribution is 5.69. The van der Waals surface area contributed by atoms with Crippen molar-refractivity contribution in [3.63, 3.8) is 0 Å². The normalized spacial score (nSPS) is 10.5. The maximum Gasteiger partial charge on any atom is 0.305 e. The Morgan fingerprint density at radius 3 is 1.83 bits per heavy atom. The Kier molecular flexibility index (Phi) is 17.8. The first-order chi connectivity index (χ1) is 11.3. The summed E-state index contributed by atoms with van der Waals surface area (Å²) in [6, 6.07) is 0. The second-order valence-electron chi connectivity index (χ2n) is 4.33. The molecule has 0 saturated heterocycles. The average Bonchev–Trinajstić information content (AvgIpc) is 2.56. The number of carbonyl (C=O) groups excluding carboxylic acids is 2. The second-order valence-corrected chi connectivity index (χ2v) is 4.33. The summed E-state index contributed by atoms with van der Waals surface area (Å²) in [5, 5.41) is 0. The molecule has 23 heavy (non-hydrogen) atoms. The summed E-state index contributed by atoms with van der Waals surface area (Å²) in [6.45, 7) is 6.84. The van der Waals surface area contributed by atoms with Crippen LogP contribution in [0.2, 0.25) is 0 Å². The number of carbonyl (C=O) groups is 2. The largest absolute Gasteiger partial charge is 0.468 e. The molecule has 0 atom stereocenters. The van der Waals surface area contributed by atoms with E-state index in [0.717, 1.165) is 0 Å². The first-order valence-corrected chi connectivity index (χ1v) is 7.83. The standard InChI is InChI=1S/C15H28O8/c1-2-18-6-7-19-8-9-20-10-11-21-12-13-23-15(17)4-3-5-22-14-16/h14H,2-13H2,1H3. The zero-order valence-corrected chi connectivity index (χ0v) is 13.8. The Morgan fingerprint density at radius 2 is 1.30 bits per heavy atom. The predicted octanol–water partition coefficient (Wildman–Crippen LogP) is 0.569. The lowest BCUT2D eigenvalue weighted by atomic mass is 10.3. The van der Waals surface area contributed by atoms with E-state index in [2.05, 4.69) is 4.74 Å². The second kappa shape index (κ2) is 18.8. The Balaban J connectivity index is 3.09. The molecule has 0 bridgehead atoms. The third-order valence-corrected chi connectivity index (χ3v) is 2.52. The van der Waals surface area contributed by atoms with E-state index in [1.54, 1.807) is 0 Å². The lowest BCUT2D eigenvalue weighted by Gasteiger charge is -2.07. The molecule has 0 N–H and O–H groups in total. The van der Waals surface area contributed by atoms with Crippen LogP contribution in [-0.4, -0.2) is 78.5 Å². The van der Waals surface area contributed by atoms with Gasteiger partial charge in [-0.15, -0.1) is 0 Å². The van der Waals surface area contributed by atoms with Crippen molar-refractivity contribution < 1.29 is 38.0 Å². The van der Waals surface area contributed by atoms with Crippen molar-refractivity contribution >= 4 is 12.4 Å². The minimum absolute atomic E-state index is 0.202. The highest BCUT2D eigenvalue weighted by Crippen LogP contribution is 1.93. The Labute approximate surface area is 137 Å². The molecule has 0 rings (SSSR count). The van der Waals surface area contributed by atoms with Crippen LogP contribution in [0.5, 0.6) is 0 Å². The number of rotatable bonds is 18. The van der Waals surface area contributed by atoms with Crippen LogP contribution in [0, 0.1) is 0 Å². The maximum absolute atomic E-state index is 11.2. The van der Waals surface area contributed by atoms with Crippen LogP contribution < -0.4 is 0 Å². The van der Waals surface area contributed by atoms with E-state index in [0.29, 0.717) is 65.7 Å². The summed E-state index contributed by atoms with van der Waals surface area (Å²) in [5.74, 6) is -0.330. The van der Waals surface area contributed by atoms with Gasteiger partial charge in [-0.2, -0.15) is 0 Å². The average molecular weight is 336 g/mol. The molecule has 8 heteroatoms. The monoisotopic (exact) mass is 336 g/mol. The van der Waals surface area contributed by atoms with Crippen molar-refractivity contribution in [2.75, 3.05) is 66.1 Å². The molecule has 8 nitrogen and oxygen atoms in total. The highest BCUT2D eigenvalue weighted by Gasteiger charge is 2.02. The molecule has 0 radical (unpaired) electrons. The topological polar surface area (TPSA) is 89.5 Å². The summed E-state index contributed by atoms with van der Waals surface area (Å²) >= 11 is 0. The van der Waals surface area contributed by atoms with Crippen molar-refractivity contribution in [2.45, 2.75) is 19.8 Å². The Bertz CT molecular complexity index is 272. The van der Waals surface area contributed by atoms with E-state index in [4.69, 9.17) is 23.7 Å². The van der Waals surface area contributed by atoms with Crippen LogP contribution in [0.3, 0.4) is 0 Å². The van der Waals surface area contributed by atoms with E-state index < -0.39 is 0 Å². The highest BCUT2D eigenvalue weighted by atomic mass is 16.6. The van der Waals surface area contributed by atoms with Crippen molar-refractivity contribution in [1.29, 1.82) is 0 Å². The van der Waals surface area contributed by atoms with Gasteiger partial charge in [0, 0.05) is 13.0 Å². The minimum atomic E-state index is -0.330. The van der Waals surface area contributed by atoms with E-state index in [-0.39, 0.29) is 25.6 Å². The molecule has 0 saturated carbocycles. The molecule has 0 aliphatic carbocycles. The number of ether oxygens (including phenoxy) is 6. The van der Waals surface area contributed by atoms with E-state index in [1.165, 1.54) is 0 Å². The first-order valence-electron chi connectivity index (χ1n) is 7.83. The quantitative estimate of drug-likeness (QED) is 0.204. The summed E-state index contributed by atoms with van der Waals surface area (Å²) in [6.07, 6.45) is 0.680. The smallest absolute Gasteiger partial charge is 0.305 e. The first kappa shape index (κ1) is 21.8. The van der Waals surface area contributed by atoms with Gasteiger partial charge in [0.25, 0.3) is 6.47 Å². The van der Waals surface area contributed by atoms with Crippen molar-refractivity contribution in [3.05, 3.63) is 0 Å². The molecule has 0 amide bonds. The molecule has 0 heterocycles. The molecule has 0 spiro atoms. The third kappa shape index (κ3) is 18.7. The summed E-state index contributed by atoms with van der Waals surface area (Å²) < 4.78 is 30.4. The fourth-order valence-corrected chi connectivity index (χ4v) is 1.44. The fourth-order valence-electron chi connectivity index (χ4n) is 1.44. The third-order valence-electron chi connectivity index (χ3n) is 2.52. The van der Waals surface area contributed by atoms with Crippen LogP contribution >= 0.6 is 0 Å². The van der Waals surface area contributed by atoms with Crippen LogP contribution in [0.25, 0.3) is 0 Å². The maximum atomic E-state index is 11.2. The van der Waals surface area contributed by atoms with E-state index in [9.17, 15) is 9.59 Å². The van der Waals surface area contributed by atoms with Crippen molar-refractivity contribution in [1.82, 2.24) is 0 Å². The van der Waals surface area contributed by atoms with Crippen molar-refractivity contribution in [2.24, 2.45) is 0 Å². The zero-order valence-electron chi connectivity index (χ0n) is 13.8. The van der Waals surface area contributed by atoms with Gasteiger partial charge >= 0.3 is 5.97 Å². The predicted molar refractivity (Wildman–Crippen MR) is 81.2 cm³/mol. The van der Waals surface area contributed by atoms with Gasteiger partial charge in [-0.25, -0.2) is 0 Å².